The molecule has 16 heavy (non-hydrogen) atoms. The molecule has 0 aromatic carbocycles. The summed E-state index contributed by atoms with van der Waals surface area (Å²) in [6.07, 6.45) is 2.89. The Morgan fingerprint density at radius 2 is 1.38 bits per heavy atom. The molecule has 0 atom stereocenters. The van der Waals surface area contributed by atoms with Gasteiger partial charge >= 0.3 is 0 Å². The highest BCUT2D eigenvalue weighted by Crippen LogP contribution is 2.10. The lowest BCUT2D eigenvalue weighted by Crippen LogP contribution is -2.48. The summed E-state index contributed by atoms with van der Waals surface area (Å²) in [5.74, 6) is 0. The van der Waals surface area contributed by atoms with Crippen molar-refractivity contribution in [3.05, 3.63) is 11.8 Å². The van der Waals surface area contributed by atoms with Crippen LogP contribution in [0.5, 0.6) is 0 Å². The Bertz CT molecular complexity index is 163. The molecule has 0 aromatic rings. The fourth-order valence-electron chi connectivity index (χ4n) is 2.30. The molecule has 3 heteroatoms. The first-order chi connectivity index (χ1) is 7.74. The van der Waals surface area contributed by atoms with Gasteiger partial charge in [0.25, 0.3) is 0 Å². The summed E-state index contributed by atoms with van der Waals surface area (Å²) in [5.41, 5.74) is 2.42. The van der Waals surface area contributed by atoms with Crippen LogP contribution in [0.3, 0.4) is 0 Å². The molecular formula is C13H30N2Si. The number of allylic oxidation sites excluding steroid dienone is 1. The van der Waals surface area contributed by atoms with Gasteiger partial charge in [-0.3, -0.25) is 9.80 Å². The molecule has 0 aliphatic heterocycles. The average Bonchev–Trinajstić information content (AvgIpc) is 2.31. The number of hydrogen-bond acceptors (Lipinski definition) is 2. The molecule has 0 N–H and O–H groups in total. The van der Waals surface area contributed by atoms with E-state index in [4.69, 9.17) is 0 Å². The van der Waals surface area contributed by atoms with Gasteiger partial charge in [0.1, 0.15) is 0 Å². The maximum absolute atomic E-state index is 2.60. The van der Waals surface area contributed by atoms with Crippen molar-refractivity contribution in [2.45, 2.75) is 46.8 Å². The van der Waals surface area contributed by atoms with E-state index in [1.54, 1.807) is 0 Å². The van der Waals surface area contributed by atoms with Crippen LogP contribution in [0, 0.1) is 0 Å². The van der Waals surface area contributed by atoms with Crippen molar-refractivity contribution in [1.82, 2.24) is 9.80 Å². The Labute approximate surface area is 105 Å². The molecule has 96 valence electrons. The Balaban J connectivity index is 4.45. The second-order valence-corrected chi connectivity index (χ2v) is 5.70. The zero-order valence-electron chi connectivity index (χ0n) is 11.9. The fraction of sp³-hybridized carbons (Fsp3) is 0.846. The summed E-state index contributed by atoms with van der Waals surface area (Å²) in [6, 6.07) is 1.38. The summed E-state index contributed by atoms with van der Waals surface area (Å²) in [5, 5.41) is 0. The summed E-state index contributed by atoms with van der Waals surface area (Å²) >= 11 is 0. The van der Waals surface area contributed by atoms with Crippen molar-refractivity contribution in [2.24, 2.45) is 0 Å². The first-order valence-electron chi connectivity index (χ1n) is 6.84. The van der Waals surface area contributed by atoms with E-state index in [9.17, 15) is 0 Å². The van der Waals surface area contributed by atoms with Gasteiger partial charge in [-0.05, 0) is 39.1 Å². The molecule has 0 heterocycles. The predicted octanol–water partition coefficient (Wildman–Crippen LogP) is 2.12. The third-order valence-corrected chi connectivity index (χ3v) is 4.95. The number of hydrogen-bond donors (Lipinski definition) is 0. The van der Waals surface area contributed by atoms with Crippen LogP contribution in [-0.2, 0) is 0 Å². The minimum atomic E-state index is -0.0229. The second kappa shape index (κ2) is 10.1. The smallest absolute Gasteiger partial charge is 0.0595 e. The van der Waals surface area contributed by atoms with Crippen LogP contribution in [0.4, 0.5) is 0 Å². The molecule has 0 fully saturated rings. The third kappa shape index (κ3) is 5.28. The van der Waals surface area contributed by atoms with Crippen LogP contribution in [0.1, 0.15) is 34.6 Å². The lowest BCUT2D eigenvalue weighted by Gasteiger charge is -2.38. The van der Waals surface area contributed by atoms with Crippen molar-refractivity contribution in [2.75, 3.05) is 26.2 Å². The molecule has 0 spiro atoms. The Hall–Kier alpha value is -0.123. The van der Waals surface area contributed by atoms with Gasteiger partial charge in [0, 0.05) is 9.52 Å². The lowest BCUT2D eigenvalue weighted by molar-refractivity contribution is 0.0713. The van der Waals surface area contributed by atoms with Crippen LogP contribution >= 0.6 is 0 Å². The Morgan fingerprint density at radius 1 is 0.938 bits per heavy atom. The standard InChI is InChI=1S/C13H30N2Si/c1-6-11-16-12-13(14(7-2)8-3)15(9-4)10-5/h6,11,13H,7-10,12,16H2,1-5H3/b11-6-. The topological polar surface area (TPSA) is 6.48 Å². The maximum atomic E-state index is 2.60. The second-order valence-electron chi connectivity index (χ2n) is 4.07. The zero-order chi connectivity index (χ0) is 12.4. The summed E-state index contributed by atoms with van der Waals surface area (Å²) in [4.78, 5) is 5.20. The van der Waals surface area contributed by atoms with E-state index in [0.29, 0.717) is 6.17 Å². The lowest BCUT2D eigenvalue weighted by atomic mass is 10.3. The van der Waals surface area contributed by atoms with Gasteiger partial charge < -0.3 is 0 Å². The SMILES string of the molecule is C/C=C\[SiH2]CC(N(CC)CC)N(CC)CC. The molecule has 0 aliphatic carbocycles. The van der Waals surface area contributed by atoms with E-state index in [-0.39, 0.29) is 9.52 Å². The summed E-state index contributed by atoms with van der Waals surface area (Å²) < 4.78 is 0. The minimum Gasteiger partial charge on any atom is -0.289 e. The molecule has 0 amide bonds. The Kier molecular flexibility index (Phi) is 9.98. The van der Waals surface area contributed by atoms with Crippen molar-refractivity contribution in [1.29, 1.82) is 0 Å². The van der Waals surface area contributed by atoms with Gasteiger partial charge in [-0.1, -0.05) is 33.8 Å². The fourth-order valence-corrected chi connectivity index (χ4v) is 3.85. The van der Waals surface area contributed by atoms with Crippen LogP contribution < -0.4 is 0 Å². The molecule has 0 rings (SSSR count). The monoisotopic (exact) mass is 242 g/mol. The average molecular weight is 242 g/mol. The largest absolute Gasteiger partial charge is 0.289 e. The predicted molar refractivity (Wildman–Crippen MR) is 77.8 cm³/mol. The summed E-state index contributed by atoms with van der Waals surface area (Å²) in [7, 11) is -0.0229. The first kappa shape index (κ1) is 15.9. The maximum Gasteiger partial charge on any atom is 0.0595 e. The van der Waals surface area contributed by atoms with E-state index >= 15 is 0 Å². The van der Waals surface area contributed by atoms with Gasteiger partial charge in [0.05, 0.1) is 6.17 Å². The van der Waals surface area contributed by atoms with Gasteiger partial charge in [-0.2, -0.15) is 0 Å². The molecule has 0 saturated carbocycles. The molecule has 0 unspecified atom stereocenters. The first-order valence-corrected chi connectivity index (χ1v) is 8.65. The van der Waals surface area contributed by atoms with Crippen LogP contribution in [0.25, 0.3) is 0 Å². The number of rotatable bonds is 9. The van der Waals surface area contributed by atoms with Crippen molar-refractivity contribution < 1.29 is 0 Å². The molecule has 0 saturated heterocycles. The normalized spacial score (nSPS) is 13.2. The molecule has 0 aliphatic rings. The van der Waals surface area contributed by atoms with E-state index in [2.05, 4.69) is 56.2 Å². The molecule has 2 nitrogen and oxygen atoms in total. The van der Waals surface area contributed by atoms with E-state index in [0.717, 1.165) is 0 Å². The van der Waals surface area contributed by atoms with Gasteiger partial charge in [0.2, 0.25) is 0 Å². The van der Waals surface area contributed by atoms with Crippen LogP contribution in [0.2, 0.25) is 6.04 Å². The van der Waals surface area contributed by atoms with Crippen molar-refractivity contribution in [3.63, 3.8) is 0 Å². The van der Waals surface area contributed by atoms with Gasteiger partial charge in [-0.25, -0.2) is 0 Å². The van der Waals surface area contributed by atoms with Crippen molar-refractivity contribution in [3.8, 4) is 0 Å². The zero-order valence-corrected chi connectivity index (χ0v) is 13.3. The molecule has 0 radical (unpaired) electrons. The molecular weight excluding hydrogens is 212 g/mol. The van der Waals surface area contributed by atoms with Crippen LogP contribution in [0.15, 0.2) is 11.8 Å². The minimum absolute atomic E-state index is 0.0229. The van der Waals surface area contributed by atoms with E-state index < -0.39 is 0 Å². The van der Waals surface area contributed by atoms with E-state index in [1.807, 2.05) is 0 Å². The highest BCUT2D eigenvalue weighted by molar-refractivity contribution is 6.42. The highest BCUT2D eigenvalue weighted by Gasteiger charge is 2.19. The van der Waals surface area contributed by atoms with Crippen LogP contribution in [-0.4, -0.2) is 51.7 Å². The van der Waals surface area contributed by atoms with Gasteiger partial charge in [-0.15, -0.1) is 5.70 Å². The highest BCUT2D eigenvalue weighted by atomic mass is 28.2. The quantitative estimate of drug-likeness (QED) is 0.451. The third-order valence-electron chi connectivity index (χ3n) is 3.29. The van der Waals surface area contributed by atoms with Crippen molar-refractivity contribution >= 4 is 9.52 Å². The number of nitrogens with zero attached hydrogens (tertiary/aromatic N) is 2. The molecule has 0 bridgehead atoms. The van der Waals surface area contributed by atoms with E-state index in [1.165, 1.54) is 32.2 Å². The molecule has 0 aromatic heterocycles. The Morgan fingerprint density at radius 3 is 1.69 bits per heavy atom. The summed E-state index contributed by atoms with van der Waals surface area (Å²) in [6.45, 7) is 15.9. The van der Waals surface area contributed by atoms with Gasteiger partial charge in [0.15, 0.2) is 0 Å².